The second-order valence-electron chi connectivity index (χ2n) is 8.11. The molecule has 0 amide bonds. The van der Waals surface area contributed by atoms with Crippen LogP contribution in [-0.4, -0.2) is 11.9 Å². The van der Waals surface area contributed by atoms with E-state index in [1.54, 1.807) is 12.1 Å². The number of benzene rings is 2. The summed E-state index contributed by atoms with van der Waals surface area (Å²) in [4.78, 5) is 12.1. The van der Waals surface area contributed by atoms with Crippen LogP contribution < -0.4 is 0 Å². The summed E-state index contributed by atoms with van der Waals surface area (Å²) in [6.45, 7) is 0.447. The van der Waals surface area contributed by atoms with Crippen LogP contribution in [-0.2, 0) is 31.6 Å². The van der Waals surface area contributed by atoms with Crippen LogP contribution in [0.4, 0.5) is 4.39 Å². The standard InChI is InChI=1S/C23H25FO4/c24-20-11-9-19(10-12-20)23-15-13-18-8-4-5-14-22(18,27-28-23)21(26-23)25-16-17-6-2-1-3-7-17/h1-3,6-7,9-12,18,21H,4-5,8,13-16H2/t18-,21-,22+,23+/m1/s1. The summed E-state index contributed by atoms with van der Waals surface area (Å²) in [6.07, 6.45) is 5.26. The minimum absolute atomic E-state index is 0.285. The molecule has 4 nitrogen and oxygen atoms in total. The molecule has 1 spiro atoms. The van der Waals surface area contributed by atoms with Crippen LogP contribution in [0.3, 0.4) is 0 Å². The van der Waals surface area contributed by atoms with Crippen molar-refractivity contribution in [3.8, 4) is 0 Å². The van der Waals surface area contributed by atoms with Gasteiger partial charge in [0.05, 0.1) is 6.61 Å². The van der Waals surface area contributed by atoms with Crippen molar-refractivity contribution >= 4 is 0 Å². The quantitative estimate of drug-likeness (QED) is 0.677. The summed E-state index contributed by atoms with van der Waals surface area (Å²) in [5.41, 5.74) is 1.27. The van der Waals surface area contributed by atoms with Gasteiger partial charge in [-0.25, -0.2) is 9.28 Å². The summed E-state index contributed by atoms with van der Waals surface area (Å²) in [6, 6.07) is 16.3. The Morgan fingerprint density at radius 2 is 1.75 bits per heavy atom. The molecule has 2 bridgehead atoms. The number of ether oxygens (including phenoxy) is 2. The van der Waals surface area contributed by atoms with Gasteiger partial charge in [-0.2, -0.15) is 4.89 Å². The predicted molar refractivity (Wildman–Crippen MR) is 100 cm³/mol. The maximum atomic E-state index is 13.5. The van der Waals surface area contributed by atoms with Crippen LogP contribution in [0.15, 0.2) is 54.6 Å². The van der Waals surface area contributed by atoms with Gasteiger partial charge < -0.3 is 9.47 Å². The number of halogens is 1. The molecule has 0 radical (unpaired) electrons. The Morgan fingerprint density at radius 1 is 0.929 bits per heavy atom. The molecule has 2 aromatic carbocycles. The topological polar surface area (TPSA) is 36.9 Å². The second kappa shape index (κ2) is 7.23. The van der Waals surface area contributed by atoms with Crippen molar-refractivity contribution in [2.45, 2.75) is 62.8 Å². The van der Waals surface area contributed by atoms with Crippen molar-refractivity contribution in [2.75, 3.05) is 0 Å². The van der Waals surface area contributed by atoms with Crippen molar-refractivity contribution in [3.05, 3.63) is 71.5 Å². The minimum Gasteiger partial charge on any atom is -0.345 e. The van der Waals surface area contributed by atoms with Crippen LogP contribution in [0.1, 0.15) is 49.7 Å². The summed E-state index contributed by atoms with van der Waals surface area (Å²) < 4.78 is 26.3. The molecule has 1 aliphatic carbocycles. The Bertz CT molecular complexity index is 807. The Hall–Kier alpha value is -1.79. The van der Waals surface area contributed by atoms with Crippen molar-refractivity contribution in [1.82, 2.24) is 0 Å². The van der Waals surface area contributed by atoms with Gasteiger partial charge in [-0.1, -0.05) is 55.3 Å². The van der Waals surface area contributed by atoms with E-state index in [2.05, 4.69) is 0 Å². The van der Waals surface area contributed by atoms with Gasteiger partial charge in [0.2, 0.25) is 5.79 Å². The molecule has 0 N–H and O–H groups in total. The Balaban J connectivity index is 1.47. The van der Waals surface area contributed by atoms with E-state index < -0.39 is 17.7 Å². The molecular formula is C23H25FO4. The first-order chi connectivity index (χ1) is 13.7. The Labute approximate surface area is 164 Å². The molecule has 0 unspecified atom stereocenters. The van der Waals surface area contributed by atoms with Gasteiger partial charge in [-0.05, 0) is 42.9 Å². The smallest absolute Gasteiger partial charge is 0.230 e. The first-order valence-corrected chi connectivity index (χ1v) is 10.2. The lowest BCUT2D eigenvalue weighted by Crippen LogP contribution is -2.59. The zero-order valence-electron chi connectivity index (χ0n) is 15.8. The summed E-state index contributed by atoms with van der Waals surface area (Å²) >= 11 is 0. The summed E-state index contributed by atoms with van der Waals surface area (Å²) in [7, 11) is 0. The van der Waals surface area contributed by atoms with E-state index in [4.69, 9.17) is 19.2 Å². The van der Waals surface area contributed by atoms with Gasteiger partial charge in [0.25, 0.3) is 0 Å². The third kappa shape index (κ3) is 3.07. The highest BCUT2D eigenvalue weighted by atomic mass is 19.1. The van der Waals surface area contributed by atoms with Gasteiger partial charge in [0, 0.05) is 12.0 Å². The highest BCUT2D eigenvalue weighted by Gasteiger charge is 2.62. The third-order valence-electron chi connectivity index (χ3n) is 6.44. The first kappa shape index (κ1) is 18.3. The second-order valence-corrected chi connectivity index (χ2v) is 8.11. The molecule has 0 aromatic heterocycles. The largest absolute Gasteiger partial charge is 0.345 e. The van der Waals surface area contributed by atoms with E-state index in [0.29, 0.717) is 18.9 Å². The molecule has 5 heteroatoms. The van der Waals surface area contributed by atoms with Crippen molar-refractivity contribution in [1.29, 1.82) is 0 Å². The third-order valence-corrected chi connectivity index (χ3v) is 6.44. The molecule has 2 aromatic rings. The zero-order valence-corrected chi connectivity index (χ0v) is 15.8. The fourth-order valence-electron chi connectivity index (χ4n) is 4.88. The highest BCUT2D eigenvalue weighted by molar-refractivity contribution is 5.23. The fraction of sp³-hybridized carbons (Fsp3) is 0.478. The molecule has 4 atom stereocenters. The van der Waals surface area contributed by atoms with Gasteiger partial charge in [0.15, 0.2) is 11.9 Å². The van der Waals surface area contributed by atoms with E-state index in [-0.39, 0.29) is 5.82 Å². The van der Waals surface area contributed by atoms with Gasteiger partial charge in [0.1, 0.15) is 5.82 Å². The lowest BCUT2D eigenvalue weighted by molar-refractivity contribution is -0.561. The predicted octanol–water partition coefficient (Wildman–Crippen LogP) is 5.22. The maximum absolute atomic E-state index is 13.5. The highest BCUT2D eigenvalue weighted by Crippen LogP contribution is 2.55. The lowest BCUT2D eigenvalue weighted by Gasteiger charge is -2.50. The van der Waals surface area contributed by atoms with Crippen LogP contribution >= 0.6 is 0 Å². The number of rotatable bonds is 4. The van der Waals surface area contributed by atoms with Crippen LogP contribution in [0.25, 0.3) is 0 Å². The Kier molecular flexibility index (Phi) is 4.71. The molecule has 4 aliphatic rings. The number of hydrogen-bond donors (Lipinski definition) is 0. The van der Waals surface area contributed by atoms with Crippen LogP contribution in [0.2, 0.25) is 0 Å². The fourth-order valence-corrected chi connectivity index (χ4v) is 4.88. The van der Waals surface area contributed by atoms with Gasteiger partial charge in [-0.15, -0.1) is 0 Å². The summed E-state index contributed by atoms with van der Waals surface area (Å²) in [5, 5.41) is 0. The van der Waals surface area contributed by atoms with Crippen molar-refractivity contribution in [2.24, 2.45) is 5.92 Å². The van der Waals surface area contributed by atoms with Gasteiger partial charge in [-0.3, -0.25) is 0 Å². The van der Waals surface area contributed by atoms with Crippen molar-refractivity contribution in [3.63, 3.8) is 0 Å². The molecule has 1 saturated carbocycles. The van der Waals surface area contributed by atoms with Crippen molar-refractivity contribution < 1.29 is 23.6 Å². The molecule has 4 fully saturated rings. The molecule has 28 heavy (non-hydrogen) atoms. The lowest BCUT2D eigenvalue weighted by atomic mass is 9.73. The van der Waals surface area contributed by atoms with E-state index in [1.807, 2.05) is 30.3 Å². The summed E-state index contributed by atoms with van der Waals surface area (Å²) in [5.74, 6) is -1.02. The normalized spacial score (nSPS) is 34.6. The van der Waals surface area contributed by atoms with E-state index >= 15 is 0 Å². The average molecular weight is 384 g/mol. The van der Waals surface area contributed by atoms with E-state index in [0.717, 1.165) is 36.8 Å². The maximum Gasteiger partial charge on any atom is 0.230 e. The molecule has 148 valence electrons. The average Bonchev–Trinajstić information content (AvgIpc) is 3.00. The molecular weight excluding hydrogens is 359 g/mol. The molecule has 3 aliphatic heterocycles. The molecule has 3 saturated heterocycles. The number of fused-ring (bicyclic) bond motifs is 3. The zero-order chi connectivity index (χ0) is 19.0. The monoisotopic (exact) mass is 384 g/mol. The molecule has 3 heterocycles. The Morgan fingerprint density at radius 3 is 2.57 bits per heavy atom. The van der Waals surface area contributed by atoms with E-state index in [1.165, 1.54) is 18.6 Å². The molecule has 6 rings (SSSR count). The minimum atomic E-state index is -1.06. The first-order valence-electron chi connectivity index (χ1n) is 10.2. The van der Waals surface area contributed by atoms with Crippen LogP contribution in [0, 0.1) is 11.7 Å². The number of hydrogen-bond acceptors (Lipinski definition) is 4. The van der Waals surface area contributed by atoms with Gasteiger partial charge >= 0.3 is 0 Å². The SMILES string of the molecule is Fc1ccc([C@]23CC[C@H]4CCCC[C@@]4(OO2)[C@H](OCc2ccccc2)O3)cc1. The van der Waals surface area contributed by atoms with E-state index in [9.17, 15) is 4.39 Å². The van der Waals surface area contributed by atoms with Crippen LogP contribution in [0.5, 0.6) is 0 Å².